The van der Waals surface area contributed by atoms with Crippen LogP contribution in [0.3, 0.4) is 0 Å². The van der Waals surface area contributed by atoms with Crippen LogP contribution < -0.4 is 10.6 Å². The van der Waals surface area contributed by atoms with Gasteiger partial charge in [0.2, 0.25) is 5.95 Å². The molecule has 3 N–H and O–H groups in total. The number of hydrogen-bond acceptors (Lipinski definition) is 7. The van der Waals surface area contributed by atoms with Crippen molar-refractivity contribution in [3.05, 3.63) is 60.7 Å². The molecule has 0 aliphatic heterocycles. The standard InChI is InChI=1S/C19H22N6O/c26-12-2-8-23-19-24-17(16-3-1-7-21-14-16)13-18(25-19)22-11-6-15-4-9-20-10-5-15/h1,3-5,7,9-10,13-14,26H,2,6,8,11-12H2,(H2,22,23,24,25). The molecule has 0 aliphatic rings. The van der Waals surface area contributed by atoms with E-state index in [1.54, 1.807) is 24.8 Å². The first-order valence-electron chi connectivity index (χ1n) is 8.62. The molecule has 0 radical (unpaired) electrons. The van der Waals surface area contributed by atoms with E-state index < -0.39 is 0 Å². The molecule has 0 atom stereocenters. The molecule has 26 heavy (non-hydrogen) atoms. The van der Waals surface area contributed by atoms with Crippen molar-refractivity contribution in [2.45, 2.75) is 12.8 Å². The SMILES string of the molecule is OCCCNc1nc(NCCc2ccncc2)cc(-c2cccnc2)n1. The zero-order valence-electron chi connectivity index (χ0n) is 14.5. The first kappa shape index (κ1) is 17.8. The highest BCUT2D eigenvalue weighted by Gasteiger charge is 2.07. The number of rotatable bonds is 9. The number of aliphatic hydroxyl groups is 1. The van der Waals surface area contributed by atoms with E-state index in [1.165, 1.54) is 5.56 Å². The molecular weight excluding hydrogens is 328 g/mol. The van der Waals surface area contributed by atoms with Crippen LogP contribution >= 0.6 is 0 Å². The summed E-state index contributed by atoms with van der Waals surface area (Å²) in [5.74, 6) is 1.28. The van der Waals surface area contributed by atoms with Crippen molar-refractivity contribution in [1.29, 1.82) is 0 Å². The Balaban J connectivity index is 1.73. The van der Waals surface area contributed by atoms with Gasteiger partial charge in [-0.05, 0) is 42.7 Å². The Bertz CT molecular complexity index is 798. The molecule has 134 valence electrons. The molecule has 7 heteroatoms. The molecule has 3 aromatic rings. The maximum Gasteiger partial charge on any atom is 0.225 e. The predicted octanol–water partition coefficient (Wildman–Crippen LogP) is 2.38. The van der Waals surface area contributed by atoms with Crippen molar-refractivity contribution in [3.8, 4) is 11.3 Å². The van der Waals surface area contributed by atoms with E-state index in [0.717, 1.165) is 30.0 Å². The van der Waals surface area contributed by atoms with Gasteiger partial charge in [0, 0.05) is 56.1 Å². The third-order valence-electron chi connectivity index (χ3n) is 3.77. The predicted molar refractivity (Wildman–Crippen MR) is 102 cm³/mol. The topological polar surface area (TPSA) is 95.8 Å². The Morgan fingerprint density at radius 3 is 2.58 bits per heavy atom. The summed E-state index contributed by atoms with van der Waals surface area (Å²) >= 11 is 0. The lowest BCUT2D eigenvalue weighted by Gasteiger charge is -2.11. The van der Waals surface area contributed by atoms with Gasteiger partial charge in [0.05, 0.1) is 5.69 Å². The van der Waals surface area contributed by atoms with Crippen molar-refractivity contribution in [3.63, 3.8) is 0 Å². The van der Waals surface area contributed by atoms with Gasteiger partial charge in [-0.15, -0.1) is 0 Å². The van der Waals surface area contributed by atoms with Crippen molar-refractivity contribution in [2.75, 3.05) is 30.3 Å². The van der Waals surface area contributed by atoms with Crippen LogP contribution in [0.25, 0.3) is 11.3 Å². The van der Waals surface area contributed by atoms with E-state index in [-0.39, 0.29) is 6.61 Å². The third-order valence-corrected chi connectivity index (χ3v) is 3.77. The molecule has 3 aromatic heterocycles. The minimum atomic E-state index is 0.131. The molecular formula is C19H22N6O. The van der Waals surface area contributed by atoms with E-state index in [1.807, 2.05) is 30.3 Å². The average molecular weight is 350 g/mol. The number of hydrogen-bond donors (Lipinski definition) is 3. The molecule has 7 nitrogen and oxygen atoms in total. The molecule has 0 spiro atoms. The van der Waals surface area contributed by atoms with E-state index >= 15 is 0 Å². The molecule has 0 aliphatic carbocycles. The second-order valence-corrected chi connectivity index (χ2v) is 5.74. The normalized spacial score (nSPS) is 10.5. The highest BCUT2D eigenvalue weighted by atomic mass is 16.3. The first-order valence-corrected chi connectivity index (χ1v) is 8.62. The zero-order chi connectivity index (χ0) is 18.0. The van der Waals surface area contributed by atoms with Crippen molar-refractivity contribution < 1.29 is 5.11 Å². The van der Waals surface area contributed by atoms with Crippen LogP contribution in [0, 0.1) is 0 Å². The third kappa shape index (κ3) is 5.22. The van der Waals surface area contributed by atoms with Crippen LogP contribution in [0.1, 0.15) is 12.0 Å². The summed E-state index contributed by atoms with van der Waals surface area (Å²) < 4.78 is 0. The maximum atomic E-state index is 8.95. The van der Waals surface area contributed by atoms with E-state index in [9.17, 15) is 0 Å². The Morgan fingerprint density at radius 2 is 1.81 bits per heavy atom. The van der Waals surface area contributed by atoms with Gasteiger partial charge in [-0.25, -0.2) is 4.98 Å². The van der Waals surface area contributed by atoms with Gasteiger partial charge >= 0.3 is 0 Å². The van der Waals surface area contributed by atoms with Crippen LogP contribution in [0.15, 0.2) is 55.1 Å². The second-order valence-electron chi connectivity index (χ2n) is 5.74. The van der Waals surface area contributed by atoms with Crippen LogP contribution in [0.4, 0.5) is 11.8 Å². The molecule has 3 rings (SSSR count). The number of nitrogens with one attached hydrogen (secondary N) is 2. The van der Waals surface area contributed by atoms with Gasteiger partial charge < -0.3 is 15.7 Å². The van der Waals surface area contributed by atoms with Crippen molar-refractivity contribution >= 4 is 11.8 Å². The summed E-state index contributed by atoms with van der Waals surface area (Å²) in [6.45, 7) is 1.50. The maximum absolute atomic E-state index is 8.95. The van der Waals surface area contributed by atoms with Gasteiger partial charge in [0.25, 0.3) is 0 Å². The summed E-state index contributed by atoms with van der Waals surface area (Å²) in [5.41, 5.74) is 2.94. The molecule has 0 fully saturated rings. The minimum absolute atomic E-state index is 0.131. The molecule has 0 bridgehead atoms. The summed E-state index contributed by atoms with van der Waals surface area (Å²) in [6.07, 6.45) is 8.63. The average Bonchev–Trinajstić information content (AvgIpc) is 2.70. The fraction of sp³-hybridized carbons (Fsp3) is 0.263. The van der Waals surface area contributed by atoms with Crippen LogP contribution in [-0.4, -0.2) is 44.7 Å². The highest BCUT2D eigenvalue weighted by molar-refractivity contribution is 5.63. The van der Waals surface area contributed by atoms with E-state index in [2.05, 4.69) is 30.6 Å². The molecule has 3 heterocycles. The first-order chi connectivity index (χ1) is 12.8. The number of pyridine rings is 2. The van der Waals surface area contributed by atoms with Crippen LogP contribution in [-0.2, 0) is 6.42 Å². The summed E-state index contributed by atoms with van der Waals surface area (Å²) in [7, 11) is 0. The summed E-state index contributed by atoms with van der Waals surface area (Å²) in [4.78, 5) is 17.3. The van der Waals surface area contributed by atoms with Crippen LogP contribution in [0.5, 0.6) is 0 Å². The fourth-order valence-corrected chi connectivity index (χ4v) is 2.44. The summed E-state index contributed by atoms with van der Waals surface area (Å²) in [6, 6.07) is 9.77. The van der Waals surface area contributed by atoms with Gasteiger partial charge in [-0.2, -0.15) is 4.98 Å². The largest absolute Gasteiger partial charge is 0.396 e. The fourth-order valence-electron chi connectivity index (χ4n) is 2.44. The number of anilines is 2. The monoisotopic (exact) mass is 350 g/mol. The van der Waals surface area contributed by atoms with Gasteiger partial charge in [0.15, 0.2) is 0 Å². The summed E-state index contributed by atoms with van der Waals surface area (Å²) in [5, 5.41) is 15.5. The molecule has 0 unspecified atom stereocenters. The smallest absolute Gasteiger partial charge is 0.225 e. The highest BCUT2D eigenvalue weighted by Crippen LogP contribution is 2.20. The molecule has 0 saturated heterocycles. The van der Waals surface area contributed by atoms with Crippen LogP contribution in [0.2, 0.25) is 0 Å². The second kappa shape index (κ2) is 9.43. The molecule has 0 saturated carbocycles. The Hall–Kier alpha value is -3.06. The van der Waals surface area contributed by atoms with Crippen molar-refractivity contribution in [1.82, 2.24) is 19.9 Å². The number of aliphatic hydroxyl groups excluding tert-OH is 1. The number of aromatic nitrogens is 4. The zero-order valence-corrected chi connectivity index (χ0v) is 14.5. The Labute approximate surface area is 152 Å². The Morgan fingerprint density at radius 1 is 0.923 bits per heavy atom. The van der Waals surface area contributed by atoms with E-state index in [4.69, 9.17) is 5.11 Å². The number of nitrogens with zero attached hydrogens (tertiary/aromatic N) is 4. The van der Waals surface area contributed by atoms with Gasteiger partial charge in [-0.3, -0.25) is 9.97 Å². The lowest BCUT2D eigenvalue weighted by molar-refractivity contribution is 0.292. The van der Waals surface area contributed by atoms with Crippen molar-refractivity contribution in [2.24, 2.45) is 0 Å². The lowest BCUT2D eigenvalue weighted by atomic mass is 10.2. The Kier molecular flexibility index (Phi) is 6.44. The molecule has 0 amide bonds. The van der Waals surface area contributed by atoms with E-state index in [0.29, 0.717) is 18.9 Å². The quantitative estimate of drug-likeness (QED) is 0.510. The minimum Gasteiger partial charge on any atom is -0.396 e. The lowest BCUT2D eigenvalue weighted by Crippen LogP contribution is -2.11. The van der Waals surface area contributed by atoms with Gasteiger partial charge in [0.1, 0.15) is 5.82 Å². The van der Waals surface area contributed by atoms with Gasteiger partial charge in [-0.1, -0.05) is 0 Å². The molecule has 0 aromatic carbocycles.